The van der Waals surface area contributed by atoms with Crippen LogP contribution in [-0.2, 0) is 19.6 Å². The van der Waals surface area contributed by atoms with Gasteiger partial charge < -0.3 is 14.8 Å². The van der Waals surface area contributed by atoms with E-state index in [1.54, 1.807) is 12.1 Å². The van der Waals surface area contributed by atoms with Crippen molar-refractivity contribution in [2.75, 3.05) is 13.2 Å². The highest BCUT2D eigenvalue weighted by atomic mass is 79.9. The van der Waals surface area contributed by atoms with Crippen LogP contribution in [0, 0.1) is 5.82 Å². The van der Waals surface area contributed by atoms with Crippen molar-refractivity contribution < 1.29 is 13.9 Å². The van der Waals surface area contributed by atoms with Gasteiger partial charge in [0.15, 0.2) is 11.5 Å². The second-order valence-corrected chi connectivity index (χ2v) is 7.52. The molecule has 30 heavy (non-hydrogen) atoms. The van der Waals surface area contributed by atoms with Crippen molar-refractivity contribution in [2.24, 2.45) is 0 Å². The highest BCUT2D eigenvalue weighted by Crippen LogP contribution is 2.37. The van der Waals surface area contributed by atoms with Crippen LogP contribution in [-0.4, -0.2) is 13.2 Å². The Balaban J connectivity index is 0.00000320. The van der Waals surface area contributed by atoms with Crippen molar-refractivity contribution in [3.05, 3.63) is 93.7 Å². The van der Waals surface area contributed by atoms with E-state index in [0.29, 0.717) is 24.7 Å². The normalized spacial score (nSPS) is 10.4. The molecule has 0 aliphatic rings. The smallest absolute Gasteiger partial charge is 0.175 e. The summed E-state index contributed by atoms with van der Waals surface area (Å²) in [6.45, 7) is 4.47. The number of nitrogens with one attached hydrogen (secondary N) is 1. The summed E-state index contributed by atoms with van der Waals surface area (Å²) in [4.78, 5) is 0. The Kier molecular flexibility index (Phi) is 10.1. The highest BCUT2D eigenvalue weighted by molar-refractivity contribution is 9.10. The average Bonchev–Trinajstić information content (AvgIpc) is 2.73. The lowest BCUT2D eigenvalue weighted by molar-refractivity contribution is 0.267. The van der Waals surface area contributed by atoms with Gasteiger partial charge in [-0.1, -0.05) is 42.5 Å². The molecule has 1 N–H and O–H groups in total. The van der Waals surface area contributed by atoms with E-state index >= 15 is 0 Å². The number of hydrogen-bond acceptors (Lipinski definition) is 3. The zero-order valence-corrected chi connectivity index (χ0v) is 19.3. The minimum atomic E-state index is -0.256. The summed E-state index contributed by atoms with van der Waals surface area (Å²) in [6.07, 6.45) is 0.985. The number of benzene rings is 3. The number of rotatable bonds is 10. The monoisotopic (exact) mass is 493 g/mol. The lowest BCUT2D eigenvalue weighted by Gasteiger charge is -2.16. The maximum atomic E-state index is 13.1. The summed E-state index contributed by atoms with van der Waals surface area (Å²) in [6, 6.07) is 20.8. The third-order valence-electron chi connectivity index (χ3n) is 4.43. The summed E-state index contributed by atoms with van der Waals surface area (Å²) in [7, 11) is 0. The maximum Gasteiger partial charge on any atom is 0.175 e. The Morgan fingerprint density at radius 2 is 1.63 bits per heavy atom. The summed E-state index contributed by atoms with van der Waals surface area (Å²) < 4.78 is 25.7. The molecular formula is C24H26BrClFNO2. The average molecular weight is 495 g/mol. The molecule has 3 aromatic carbocycles. The first-order chi connectivity index (χ1) is 14.2. The lowest BCUT2D eigenvalue weighted by Crippen LogP contribution is -2.16. The molecule has 0 aliphatic carbocycles. The van der Waals surface area contributed by atoms with Crippen molar-refractivity contribution in [1.82, 2.24) is 5.32 Å². The molecule has 0 saturated carbocycles. The van der Waals surface area contributed by atoms with Crippen molar-refractivity contribution in [3.8, 4) is 11.5 Å². The van der Waals surface area contributed by atoms with Gasteiger partial charge in [0, 0.05) is 6.54 Å². The molecular weight excluding hydrogens is 469 g/mol. The van der Waals surface area contributed by atoms with Crippen LogP contribution in [0.25, 0.3) is 0 Å². The molecule has 0 spiro atoms. The van der Waals surface area contributed by atoms with Crippen LogP contribution >= 0.6 is 28.3 Å². The Labute approximate surface area is 192 Å². The molecule has 0 unspecified atom stereocenters. The van der Waals surface area contributed by atoms with E-state index in [1.807, 2.05) is 25.1 Å². The van der Waals surface area contributed by atoms with E-state index in [-0.39, 0.29) is 18.2 Å². The number of hydrogen-bond donors (Lipinski definition) is 1. The van der Waals surface area contributed by atoms with Gasteiger partial charge in [0.2, 0.25) is 0 Å². The van der Waals surface area contributed by atoms with Crippen LogP contribution < -0.4 is 14.8 Å². The molecule has 6 heteroatoms. The highest BCUT2D eigenvalue weighted by Gasteiger charge is 2.13. The fraction of sp³-hybridized carbons (Fsp3) is 0.250. The van der Waals surface area contributed by atoms with Gasteiger partial charge in [0.05, 0.1) is 11.1 Å². The minimum absolute atomic E-state index is 0. The van der Waals surface area contributed by atoms with Gasteiger partial charge in [-0.2, -0.15) is 0 Å². The second kappa shape index (κ2) is 12.6. The van der Waals surface area contributed by atoms with Crippen LogP contribution in [0.1, 0.15) is 23.6 Å². The van der Waals surface area contributed by atoms with Crippen LogP contribution in [0.2, 0.25) is 0 Å². The van der Waals surface area contributed by atoms with E-state index in [4.69, 9.17) is 9.47 Å². The van der Waals surface area contributed by atoms with Crippen molar-refractivity contribution in [3.63, 3.8) is 0 Å². The maximum absolute atomic E-state index is 13.1. The molecule has 0 amide bonds. The third-order valence-corrected chi connectivity index (χ3v) is 5.02. The molecule has 3 nitrogen and oxygen atoms in total. The molecule has 0 saturated heterocycles. The Morgan fingerprint density at radius 3 is 2.33 bits per heavy atom. The summed E-state index contributed by atoms with van der Waals surface area (Å²) in [5, 5.41) is 3.48. The predicted octanol–water partition coefficient (Wildman–Crippen LogP) is 6.32. The molecule has 0 aliphatic heterocycles. The molecule has 3 aromatic rings. The molecule has 0 bridgehead atoms. The second-order valence-electron chi connectivity index (χ2n) is 6.67. The largest absolute Gasteiger partial charge is 0.490 e. The molecule has 0 aromatic heterocycles. The van der Waals surface area contributed by atoms with Crippen LogP contribution in [0.15, 0.2) is 71.2 Å². The SMILES string of the molecule is CCOc1cc(CNCCc2ccccc2)cc(Br)c1OCc1ccc(F)cc1.Cl. The fourth-order valence-electron chi connectivity index (χ4n) is 2.97. The first-order valence-electron chi connectivity index (χ1n) is 9.73. The fourth-order valence-corrected chi connectivity index (χ4v) is 3.58. The van der Waals surface area contributed by atoms with Gasteiger partial charge >= 0.3 is 0 Å². The predicted molar refractivity (Wildman–Crippen MR) is 125 cm³/mol. The van der Waals surface area contributed by atoms with Crippen molar-refractivity contribution in [1.29, 1.82) is 0 Å². The van der Waals surface area contributed by atoms with Crippen molar-refractivity contribution >= 4 is 28.3 Å². The Bertz CT molecular complexity index is 907. The summed E-state index contributed by atoms with van der Waals surface area (Å²) in [5.74, 6) is 1.10. The van der Waals surface area contributed by atoms with Crippen LogP contribution in [0.4, 0.5) is 4.39 Å². The molecule has 0 heterocycles. The van der Waals surface area contributed by atoms with E-state index in [2.05, 4.69) is 45.5 Å². The Hall–Kier alpha value is -2.08. The zero-order chi connectivity index (χ0) is 20.5. The zero-order valence-electron chi connectivity index (χ0n) is 16.9. The first kappa shape index (κ1) is 24.2. The van der Waals surface area contributed by atoms with E-state index in [9.17, 15) is 4.39 Å². The van der Waals surface area contributed by atoms with Gasteiger partial charge in [-0.15, -0.1) is 12.4 Å². The lowest BCUT2D eigenvalue weighted by atomic mass is 10.1. The molecule has 3 rings (SSSR count). The topological polar surface area (TPSA) is 30.5 Å². The summed E-state index contributed by atoms with van der Waals surface area (Å²) in [5.41, 5.74) is 3.33. The molecule has 160 valence electrons. The van der Waals surface area contributed by atoms with Gasteiger partial charge in [0.25, 0.3) is 0 Å². The van der Waals surface area contributed by atoms with Gasteiger partial charge in [-0.25, -0.2) is 4.39 Å². The standard InChI is InChI=1S/C24H25BrFNO2.ClH/c1-2-28-23-15-20(16-27-13-12-18-6-4-3-5-7-18)14-22(25)24(23)29-17-19-8-10-21(26)11-9-19;/h3-11,14-15,27H,2,12-13,16-17H2,1H3;1H. The molecule has 0 atom stereocenters. The van der Waals surface area contributed by atoms with Gasteiger partial charge in [-0.05, 0) is 76.8 Å². The van der Waals surface area contributed by atoms with E-state index in [1.165, 1.54) is 17.7 Å². The first-order valence-corrected chi connectivity index (χ1v) is 10.5. The van der Waals surface area contributed by atoms with Crippen molar-refractivity contribution in [2.45, 2.75) is 26.5 Å². The Morgan fingerprint density at radius 1 is 0.900 bits per heavy atom. The quantitative estimate of drug-likeness (QED) is 0.335. The minimum Gasteiger partial charge on any atom is -0.490 e. The van der Waals surface area contributed by atoms with Gasteiger partial charge in [-0.3, -0.25) is 0 Å². The summed E-state index contributed by atoms with van der Waals surface area (Å²) >= 11 is 3.61. The third kappa shape index (κ3) is 7.31. The number of halogens is 3. The molecule has 0 fully saturated rings. The molecule has 0 radical (unpaired) electrons. The number of ether oxygens (including phenoxy) is 2. The van der Waals surface area contributed by atoms with Crippen LogP contribution in [0.5, 0.6) is 11.5 Å². The van der Waals surface area contributed by atoms with E-state index in [0.717, 1.165) is 35.1 Å². The van der Waals surface area contributed by atoms with E-state index < -0.39 is 0 Å². The van der Waals surface area contributed by atoms with Gasteiger partial charge in [0.1, 0.15) is 12.4 Å². The van der Waals surface area contributed by atoms with Crippen LogP contribution in [0.3, 0.4) is 0 Å².